The van der Waals surface area contributed by atoms with Gasteiger partial charge in [-0.2, -0.15) is 5.10 Å². The van der Waals surface area contributed by atoms with E-state index in [-0.39, 0.29) is 5.69 Å². The maximum absolute atomic E-state index is 10.7. The first-order chi connectivity index (χ1) is 7.63. The molecule has 5 nitrogen and oxygen atoms in total. The summed E-state index contributed by atoms with van der Waals surface area (Å²) in [4.78, 5) is 10.3. The zero-order valence-electron chi connectivity index (χ0n) is 8.68. The molecule has 0 fully saturated rings. The molecule has 0 N–H and O–H groups in total. The molecular formula is C10H10BrN3O2. The Morgan fingerprint density at radius 2 is 2.31 bits per heavy atom. The van der Waals surface area contributed by atoms with Crippen molar-refractivity contribution in [3.8, 4) is 0 Å². The maximum atomic E-state index is 10.7. The van der Waals surface area contributed by atoms with Crippen LogP contribution in [0.3, 0.4) is 0 Å². The minimum Gasteiger partial charge on any atom is -0.264 e. The van der Waals surface area contributed by atoms with Crippen molar-refractivity contribution in [1.29, 1.82) is 0 Å². The van der Waals surface area contributed by atoms with E-state index in [0.29, 0.717) is 4.60 Å². The van der Waals surface area contributed by atoms with Crippen LogP contribution in [0.5, 0.6) is 0 Å². The maximum Gasteiger partial charge on any atom is 0.270 e. The summed E-state index contributed by atoms with van der Waals surface area (Å²) in [6, 6.07) is 4.78. The van der Waals surface area contributed by atoms with Gasteiger partial charge in [0.25, 0.3) is 5.69 Å². The Balaban J connectivity index is 2.61. The first-order valence-corrected chi connectivity index (χ1v) is 5.73. The van der Waals surface area contributed by atoms with Crippen LogP contribution in [-0.4, -0.2) is 14.7 Å². The summed E-state index contributed by atoms with van der Waals surface area (Å²) in [5.41, 5.74) is 1.00. The molecule has 1 aromatic heterocycles. The molecule has 0 spiro atoms. The molecule has 1 heterocycles. The van der Waals surface area contributed by atoms with Crippen LogP contribution >= 0.6 is 15.9 Å². The Morgan fingerprint density at radius 1 is 1.56 bits per heavy atom. The topological polar surface area (TPSA) is 61.0 Å². The van der Waals surface area contributed by atoms with Gasteiger partial charge in [-0.15, -0.1) is 0 Å². The van der Waals surface area contributed by atoms with Gasteiger partial charge in [-0.05, 0) is 28.4 Å². The van der Waals surface area contributed by atoms with Gasteiger partial charge in [0.2, 0.25) is 0 Å². The highest BCUT2D eigenvalue weighted by Gasteiger charge is 2.12. The van der Waals surface area contributed by atoms with Gasteiger partial charge in [0.1, 0.15) is 4.60 Å². The lowest BCUT2D eigenvalue weighted by molar-refractivity contribution is -0.384. The number of nitro benzene ring substituents is 1. The van der Waals surface area contributed by atoms with Crippen molar-refractivity contribution in [3.63, 3.8) is 0 Å². The Morgan fingerprint density at radius 3 is 2.94 bits per heavy atom. The van der Waals surface area contributed by atoms with Crippen LogP contribution < -0.4 is 0 Å². The van der Waals surface area contributed by atoms with Gasteiger partial charge in [-0.1, -0.05) is 6.92 Å². The average molecular weight is 284 g/mol. The predicted molar refractivity (Wildman–Crippen MR) is 64.4 cm³/mol. The van der Waals surface area contributed by atoms with Gasteiger partial charge in [-0.25, -0.2) is 0 Å². The number of non-ortho nitro benzene ring substituents is 1. The van der Waals surface area contributed by atoms with Crippen molar-refractivity contribution in [3.05, 3.63) is 32.9 Å². The molecule has 0 aliphatic carbocycles. The lowest BCUT2D eigenvalue weighted by atomic mass is 10.2. The number of nitrogens with zero attached hydrogens (tertiary/aromatic N) is 3. The van der Waals surface area contributed by atoms with Gasteiger partial charge in [-0.3, -0.25) is 14.8 Å². The summed E-state index contributed by atoms with van der Waals surface area (Å²) >= 11 is 3.32. The standard InChI is InChI=1S/C10H10BrN3O2/c1-2-5-13-9-4-3-7(14(15)16)6-8(9)10(11)12-13/h3-4,6H,2,5H2,1H3. The molecule has 0 saturated heterocycles. The highest BCUT2D eigenvalue weighted by atomic mass is 79.9. The molecule has 0 saturated carbocycles. The van der Waals surface area contributed by atoms with Gasteiger partial charge >= 0.3 is 0 Å². The van der Waals surface area contributed by atoms with Crippen LogP contribution in [-0.2, 0) is 6.54 Å². The number of benzene rings is 1. The number of aromatic nitrogens is 2. The summed E-state index contributed by atoms with van der Waals surface area (Å²) in [6.45, 7) is 2.87. The third kappa shape index (κ3) is 1.80. The van der Waals surface area contributed by atoms with Crippen molar-refractivity contribution in [1.82, 2.24) is 9.78 Å². The zero-order chi connectivity index (χ0) is 11.7. The molecule has 0 aliphatic heterocycles. The van der Waals surface area contributed by atoms with Crippen LogP contribution in [0.25, 0.3) is 10.9 Å². The number of rotatable bonds is 3. The normalized spacial score (nSPS) is 10.9. The Hall–Kier alpha value is -1.43. The molecule has 6 heteroatoms. The van der Waals surface area contributed by atoms with Gasteiger partial charge in [0.15, 0.2) is 0 Å². The number of fused-ring (bicyclic) bond motifs is 1. The second-order valence-corrected chi connectivity index (χ2v) is 4.22. The van der Waals surface area contributed by atoms with E-state index < -0.39 is 4.92 Å². The largest absolute Gasteiger partial charge is 0.270 e. The first-order valence-electron chi connectivity index (χ1n) is 4.94. The quantitative estimate of drug-likeness (QED) is 0.642. The fraction of sp³-hybridized carbons (Fsp3) is 0.300. The molecule has 1 aromatic carbocycles. The second-order valence-electron chi connectivity index (χ2n) is 3.47. The van der Waals surface area contributed by atoms with E-state index in [9.17, 15) is 10.1 Å². The molecule has 2 rings (SSSR count). The van der Waals surface area contributed by atoms with E-state index in [1.165, 1.54) is 6.07 Å². The van der Waals surface area contributed by atoms with Crippen LogP contribution in [0, 0.1) is 10.1 Å². The average Bonchev–Trinajstić information content (AvgIpc) is 2.56. The van der Waals surface area contributed by atoms with Crippen molar-refractivity contribution >= 4 is 32.5 Å². The summed E-state index contributed by atoms with van der Waals surface area (Å²) in [5.74, 6) is 0. The number of halogens is 1. The minimum atomic E-state index is -0.400. The molecule has 2 aromatic rings. The van der Waals surface area contributed by atoms with Crippen molar-refractivity contribution in [2.24, 2.45) is 0 Å². The van der Waals surface area contributed by atoms with E-state index >= 15 is 0 Å². The molecule has 0 amide bonds. The Labute approximate surface area is 100 Å². The number of aryl methyl sites for hydroxylation is 1. The lowest BCUT2D eigenvalue weighted by Crippen LogP contribution is -1.98. The van der Waals surface area contributed by atoms with Gasteiger partial charge in [0, 0.05) is 24.1 Å². The molecule has 0 atom stereocenters. The predicted octanol–water partition coefficient (Wildman–Crippen LogP) is 3.12. The third-order valence-electron chi connectivity index (χ3n) is 2.34. The highest BCUT2D eigenvalue weighted by Crippen LogP contribution is 2.27. The SMILES string of the molecule is CCCn1nc(Br)c2cc([N+](=O)[O-])ccc21. The van der Waals surface area contributed by atoms with Crippen molar-refractivity contribution < 1.29 is 4.92 Å². The molecule has 84 valence electrons. The number of hydrogen-bond acceptors (Lipinski definition) is 3. The summed E-state index contributed by atoms with van der Waals surface area (Å²) in [7, 11) is 0. The van der Waals surface area contributed by atoms with Crippen molar-refractivity contribution in [2.45, 2.75) is 19.9 Å². The van der Waals surface area contributed by atoms with E-state index in [2.05, 4.69) is 28.0 Å². The molecule has 16 heavy (non-hydrogen) atoms. The summed E-state index contributed by atoms with van der Waals surface area (Å²) < 4.78 is 2.50. The van der Waals surface area contributed by atoms with Gasteiger partial charge in [0.05, 0.1) is 10.4 Å². The monoisotopic (exact) mass is 283 g/mol. The smallest absolute Gasteiger partial charge is 0.264 e. The molecule has 0 radical (unpaired) electrons. The third-order valence-corrected chi connectivity index (χ3v) is 2.92. The van der Waals surface area contributed by atoms with E-state index in [1.54, 1.807) is 12.1 Å². The Bertz CT molecular complexity index is 550. The Kier molecular flexibility index (Phi) is 2.91. The first kappa shape index (κ1) is 11.1. The molecule has 0 unspecified atom stereocenters. The van der Waals surface area contributed by atoms with Crippen LogP contribution in [0.1, 0.15) is 13.3 Å². The molecular weight excluding hydrogens is 274 g/mol. The van der Waals surface area contributed by atoms with Crippen LogP contribution in [0.2, 0.25) is 0 Å². The minimum absolute atomic E-state index is 0.0873. The lowest BCUT2D eigenvalue weighted by Gasteiger charge is -1.99. The molecule has 0 bridgehead atoms. The van der Waals surface area contributed by atoms with Crippen LogP contribution in [0.4, 0.5) is 5.69 Å². The number of hydrogen-bond donors (Lipinski definition) is 0. The van der Waals surface area contributed by atoms with Crippen molar-refractivity contribution in [2.75, 3.05) is 0 Å². The second kappa shape index (κ2) is 4.21. The zero-order valence-corrected chi connectivity index (χ0v) is 10.3. The summed E-state index contributed by atoms with van der Waals surface area (Å²) in [5, 5.41) is 15.7. The van der Waals surface area contributed by atoms with E-state index in [0.717, 1.165) is 23.9 Å². The van der Waals surface area contributed by atoms with Crippen LogP contribution in [0.15, 0.2) is 22.8 Å². The fourth-order valence-electron chi connectivity index (χ4n) is 1.62. The fourth-order valence-corrected chi connectivity index (χ4v) is 2.13. The molecule has 0 aliphatic rings. The summed E-state index contributed by atoms with van der Waals surface area (Å²) in [6.07, 6.45) is 0.972. The number of nitro groups is 1. The van der Waals surface area contributed by atoms with Gasteiger partial charge < -0.3 is 0 Å². The van der Waals surface area contributed by atoms with E-state index in [1.807, 2.05) is 4.68 Å². The highest BCUT2D eigenvalue weighted by molar-refractivity contribution is 9.10. The van der Waals surface area contributed by atoms with E-state index in [4.69, 9.17) is 0 Å².